The third-order valence-electron chi connectivity index (χ3n) is 2.91. The number of pyridine rings is 2. The fourth-order valence-electron chi connectivity index (χ4n) is 1.81. The lowest BCUT2D eigenvalue weighted by molar-refractivity contribution is 0.916. The molecule has 0 aromatic carbocycles. The van der Waals surface area contributed by atoms with E-state index in [0.717, 1.165) is 16.3 Å². The first-order valence-corrected chi connectivity index (χ1v) is 8.37. The van der Waals surface area contributed by atoms with Gasteiger partial charge in [-0.2, -0.15) is 0 Å². The van der Waals surface area contributed by atoms with Crippen molar-refractivity contribution in [3.8, 4) is 0 Å². The van der Waals surface area contributed by atoms with Crippen molar-refractivity contribution in [2.24, 2.45) is 0 Å². The summed E-state index contributed by atoms with van der Waals surface area (Å²) in [5, 5.41) is 8.25. The van der Waals surface area contributed by atoms with E-state index < -0.39 is 0 Å². The Morgan fingerprint density at radius 3 is 2.58 bits per heavy atom. The number of thiocarbonyl (C=S) groups is 1. The fraction of sp³-hybridized carbons (Fsp3) is 0.0625. The first-order valence-electron chi connectivity index (χ1n) is 7.14. The molecule has 0 aliphatic heterocycles. The van der Waals surface area contributed by atoms with Gasteiger partial charge < -0.3 is 10.6 Å². The topological polar surface area (TPSA) is 75.6 Å². The van der Waals surface area contributed by atoms with E-state index in [-0.39, 0.29) is 0 Å². The summed E-state index contributed by atoms with van der Waals surface area (Å²) in [7, 11) is 0. The van der Waals surface area contributed by atoms with Gasteiger partial charge in [0.05, 0.1) is 11.9 Å². The lowest BCUT2D eigenvalue weighted by Gasteiger charge is -2.10. The van der Waals surface area contributed by atoms with Gasteiger partial charge in [0.15, 0.2) is 10.3 Å². The van der Waals surface area contributed by atoms with Gasteiger partial charge in [0.2, 0.25) is 0 Å². The molecule has 0 unspecified atom stereocenters. The van der Waals surface area contributed by atoms with Crippen molar-refractivity contribution in [1.29, 1.82) is 0 Å². The minimum atomic E-state index is 0.535. The molecule has 6 nitrogen and oxygen atoms in total. The molecule has 0 saturated heterocycles. The highest BCUT2D eigenvalue weighted by Crippen LogP contribution is 2.22. The zero-order chi connectivity index (χ0) is 16.6. The van der Waals surface area contributed by atoms with Gasteiger partial charge in [-0.1, -0.05) is 6.07 Å². The van der Waals surface area contributed by atoms with Crippen LogP contribution in [0.5, 0.6) is 0 Å². The maximum Gasteiger partial charge on any atom is 0.193 e. The number of aromatic nitrogens is 4. The monoisotopic (exact) mass is 354 g/mol. The van der Waals surface area contributed by atoms with E-state index in [1.54, 1.807) is 37.1 Å². The highest BCUT2D eigenvalue weighted by atomic mass is 32.2. The molecule has 0 amide bonds. The van der Waals surface area contributed by atoms with Crippen LogP contribution < -0.4 is 10.6 Å². The maximum absolute atomic E-state index is 5.28. The molecule has 3 rings (SSSR count). The SMILES string of the molecule is S=C(NCc1cccnc1)Nc1ccc(Sc2ncccn2)nc1. The minimum absolute atomic E-state index is 0.535. The van der Waals surface area contributed by atoms with Crippen LogP contribution in [0.4, 0.5) is 5.69 Å². The molecule has 0 radical (unpaired) electrons. The van der Waals surface area contributed by atoms with Crippen LogP contribution in [-0.2, 0) is 6.54 Å². The van der Waals surface area contributed by atoms with E-state index in [9.17, 15) is 0 Å². The molecule has 2 N–H and O–H groups in total. The van der Waals surface area contributed by atoms with Crippen molar-refractivity contribution in [1.82, 2.24) is 25.3 Å². The molecule has 3 heterocycles. The van der Waals surface area contributed by atoms with Gasteiger partial charge in [0, 0.05) is 31.3 Å². The van der Waals surface area contributed by atoms with Crippen molar-refractivity contribution in [3.63, 3.8) is 0 Å². The number of rotatable bonds is 5. The van der Waals surface area contributed by atoms with Crippen LogP contribution in [0.1, 0.15) is 5.56 Å². The summed E-state index contributed by atoms with van der Waals surface area (Å²) >= 11 is 6.68. The fourth-order valence-corrected chi connectivity index (χ4v) is 2.65. The molecule has 0 saturated carbocycles. The van der Waals surface area contributed by atoms with Crippen LogP contribution >= 0.6 is 24.0 Å². The molecule has 0 atom stereocenters. The Bertz CT molecular complexity index is 781. The van der Waals surface area contributed by atoms with Gasteiger partial charge in [0.25, 0.3) is 0 Å². The predicted octanol–water partition coefficient (Wildman–Crippen LogP) is 2.90. The molecule has 120 valence electrons. The first-order chi connectivity index (χ1) is 11.8. The zero-order valence-corrected chi connectivity index (χ0v) is 14.2. The summed E-state index contributed by atoms with van der Waals surface area (Å²) in [5.41, 5.74) is 1.88. The van der Waals surface area contributed by atoms with Gasteiger partial charge in [-0.25, -0.2) is 15.0 Å². The first kappa shape index (κ1) is 16.3. The Kier molecular flexibility index (Phi) is 5.65. The van der Waals surface area contributed by atoms with Crippen LogP contribution in [-0.4, -0.2) is 25.0 Å². The lowest BCUT2D eigenvalue weighted by Crippen LogP contribution is -2.27. The molecule has 0 spiro atoms. The van der Waals surface area contributed by atoms with Gasteiger partial charge in [-0.05, 0) is 53.8 Å². The molecule has 24 heavy (non-hydrogen) atoms. The van der Waals surface area contributed by atoms with E-state index in [0.29, 0.717) is 16.8 Å². The van der Waals surface area contributed by atoms with Crippen LogP contribution in [0.15, 0.2) is 71.5 Å². The Morgan fingerprint density at radius 2 is 1.88 bits per heavy atom. The van der Waals surface area contributed by atoms with E-state index >= 15 is 0 Å². The van der Waals surface area contributed by atoms with Crippen molar-refractivity contribution < 1.29 is 0 Å². The van der Waals surface area contributed by atoms with Crippen molar-refractivity contribution in [2.75, 3.05) is 5.32 Å². The average Bonchev–Trinajstić information content (AvgIpc) is 2.63. The zero-order valence-electron chi connectivity index (χ0n) is 12.6. The van der Waals surface area contributed by atoms with Gasteiger partial charge >= 0.3 is 0 Å². The Hall–Kier alpha value is -2.58. The van der Waals surface area contributed by atoms with Gasteiger partial charge in [-0.15, -0.1) is 0 Å². The van der Waals surface area contributed by atoms with Crippen LogP contribution in [0, 0.1) is 0 Å². The normalized spacial score (nSPS) is 10.2. The highest BCUT2D eigenvalue weighted by molar-refractivity contribution is 7.99. The molecule has 0 fully saturated rings. The summed E-state index contributed by atoms with van der Waals surface area (Å²) in [6.45, 7) is 0.617. The average molecular weight is 354 g/mol. The molecular weight excluding hydrogens is 340 g/mol. The van der Waals surface area contributed by atoms with Crippen LogP contribution in [0.25, 0.3) is 0 Å². The van der Waals surface area contributed by atoms with Crippen molar-refractivity contribution in [2.45, 2.75) is 16.7 Å². The van der Waals surface area contributed by atoms with Gasteiger partial charge in [0.1, 0.15) is 5.03 Å². The minimum Gasteiger partial charge on any atom is -0.358 e. The van der Waals surface area contributed by atoms with Crippen molar-refractivity contribution >= 4 is 34.8 Å². The second-order valence-corrected chi connectivity index (χ2v) is 6.08. The van der Waals surface area contributed by atoms with E-state index in [2.05, 4.69) is 30.6 Å². The Balaban J connectivity index is 1.51. The summed E-state index contributed by atoms with van der Waals surface area (Å²) < 4.78 is 0. The summed E-state index contributed by atoms with van der Waals surface area (Å²) in [5.74, 6) is 0. The largest absolute Gasteiger partial charge is 0.358 e. The maximum atomic E-state index is 5.28. The summed E-state index contributed by atoms with van der Waals surface area (Å²) in [6.07, 6.45) is 8.68. The Labute approximate surface area is 149 Å². The third-order valence-corrected chi connectivity index (χ3v) is 4.00. The molecule has 0 aliphatic rings. The van der Waals surface area contributed by atoms with Crippen LogP contribution in [0.3, 0.4) is 0 Å². The summed E-state index contributed by atoms with van der Waals surface area (Å²) in [6, 6.07) is 9.47. The number of nitrogens with one attached hydrogen (secondary N) is 2. The van der Waals surface area contributed by atoms with E-state index in [4.69, 9.17) is 12.2 Å². The molecule has 8 heteroatoms. The number of hydrogen-bond acceptors (Lipinski definition) is 6. The van der Waals surface area contributed by atoms with Crippen LogP contribution in [0.2, 0.25) is 0 Å². The number of hydrogen-bond donors (Lipinski definition) is 2. The highest BCUT2D eigenvalue weighted by Gasteiger charge is 2.03. The Morgan fingerprint density at radius 1 is 1.00 bits per heavy atom. The summed E-state index contributed by atoms with van der Waals surface area (Å²) in [4.78, 5) is 16.7. The van der Waals surface area contributed by atoms with Crippen molar-refractivity contribution in [3.05, 3.63) is 66.9 Å². The van der Waals surface area contributed by atoms with E-state index in [1.165, 1.54) is 11.8 Å². The molecule has 0 aliphatic carbocycles. The second kappa shape index (κ2) is 8.32. The quantitative estimate of drug-likeness (QED) is 0.535. The number of nitrogens with zero attached hydrogens (tertiary/aromatic N) is 4. The number of anilines is 1. The molecule has 3 aromatic heterocycles. The second-order valence-electron chi connectivity index (χ2n) is 4.69. The lowest BCUT2D eigenvalue weighted by atomic mass is 10.3. The van der Waals surface area contributed by atoms with E-state index in [1.807, 2.05) is 24.3 Å². The predicted molar refractivity (Wildman–Crippen MR) is 97.7 cm³/mol. The molecular formula is C16H14N6S2. The molecule has 0 bridgehead atoms. The smallest absolute Gasteiger partial charge is 0.193 e. The third kappa shape index (κ3) is 4.97. The molecule has 3 aromatic rings. The standard InChI is InChI=1S/C16H14N6S2/c23-15(21-10-12-3-1-6-17-9-12)22-13-4-5-14(20-11-13)24-16-18-7-2-8-19-16/h1-9,11H,10H2,(H2,21,22,23). The van der Waals surface area contributed by atoms with Gasteiger partial charge in [-0.3, -0.25) is 4.98 Å².